The molecule has 5 rings (SSSR count). The van der Waals surface area contributed by atoms with Gasteiger partial charge in [0.2, 0.25) is 11.8 Å². The smallest absolute Gasteiger partial charge is 0.243 e. The molecule has 1 aliphatic heterocycles. The monoisotopic (exact) mass is 530 g/mol. The van der Waals surface area contributed by atoms with Gasteiger partial charge in [0.05, 0.1) is 0 Å². The van der Waals surface area contributed by atoms with Gasteiger partial charge in [-0.15, -0.1) is 0 Å². The van der Waals surface area contributed by atoms with Crippen LogP contribution in [0.25, 0.3) is 0 Å². The number of amides is 2. The van der Waals surface area contributed by atoms with E-state index in [4.69, 9.17) is 9.47 Å². The zero-order valence-electron chi connectivity index (χ0n) is 22.1. The third kappa shape index (κ3) is 6.96. The Bertz CT molecular complexity index is 1280. The second-order valence-electron chi connectivity index (χ2n) is 10.3. The number of rotatable bonds is 10. The summed E-state index contributed by atoms with van der Waals surface area (Å²) < 4.78 is 26.1. The normalized spacial score (nSPS) is 15.5. The van der Waals surface area contributed by atoms with E-state index in [-0.39, 0.29) is 30.8 Å². The van der Waals surface area contributed by atoms with E-state index in [0.29, 0.717) is 43.1 Å². The molecule has 1 saturated carbocycles. The van der Waals surface area contributed by atoms with Gasteiger partial charge < -0.3 is 19.7 Å². The van der Waals surface area contributed by atoms with Crippen LogP contribution in [0.5, 0.6) is 11.5 Å². The molecule has 1 fully saturated rings. The third-order valence-corrected chi connectivity index (χ3v) is 7.51. The number of ether oxygens (including phenoxy) is 2. The van der Waals surface area contributed by atoms with Crippen molar-refractivity contribution in [3.8, 4) is 11.5 Å². The summed E-state index contributed by atoms with van der Waals surface area (Å²) in [6.07, 6.45) is 5.04. The standard InChI is InChI=1S/C32H35FN2O4/c33-27-13-7-4-10-25(27)22-35(31(36)17-15-24-14-16-29-30(21-24)39-19-18-38-29)28(20-23-8-2-1-3-9-23)32(37)34-26-11-5-6-12-26/h1-4,7-10,13-14,16,21,26,28H,5-6,11-12,15,17-20,22H2,(H,34,37). The second kappa shape index (κ2) is 12.8. The van der Waals surface area contributed by atoms with Crippen molar-refractivity contribution in [2.45, 2.75) is 63.6 Å². The van der Waals surface area contributed by atoms with Crippen LogP contribution in [0.2, 0.25) is 0 Å². The van der Waals surface area contributed by atoms with Crippen LogP contribution < -0.4 is 14.8 Å². The van der Waals surface area contributed by atoms with Gasteiger partial charge in [-0.3, -0.25) is 9.59 Å². The Kier molecular flexibility index (Phi) is 8.76. The number of carbonyl (C=O) groups excluding carboxylic acids is 2. The lowest BCUT2D eigenvalue weighted by Crippen LogP contribution is -2.52. The first-order valence-corrected chi connectivity index (χ1v) is 13.8. The van der Waals surface area contributed by atoms with Gasteiger partial charge in [0, 0.05) is 31.0 Å². The second-order valence-corrected chi connectivity index (χ2v) is 10.3. The Balaban J connectivity index is 1.40. The summed E-state index contributed by atoms with van der Waals surface area (Å²) in [5, 5.41) is 3.19. The molecule has 1 aliphatic carbocycles. The summed E-state index contributed by atoms with van der Waals surface area (Å²) in [5.74, 6) is 0.596. The largest absolute Gasteiger partial charge is 0.486 e. The first-order valence-electron chi connectivity index (χ1n) is 13.8. The number of nitrogens with one attached hydrogen (secondary N) is 1. The summed E-state index contributed by atoms with van der Waals surface area (Å²) in [6.45, 7) is 1.02. The lowest BCUT2D eigenvalue weighted by Gasteiger charge is -2.32. The van der Waals surface area contributed by atoms with Crippen LogP contribution in [0.1, 0.15) is 48.8 Å². The highest BCUT2D eigenvalue weighted by Crippen LogP contribution is 2.31. The van der Waals surface area contributed by atoms with Crippen LogP contribution in [0.15, 0.2) is 72.8 Å². The van der Waals surface area contributed by atoms with Crippen LogP contribution in [-0.4, -0.2) is 42.0 Å². The minimum Gasteiger partial charge on any atom is -0.486 e. The Morgan fingerprint density at radius 1 is 0.897 bits per heavy atom. The molecular weight excluding hydrogens is 495 g/mol. The Morgan fingerprint density at radius 3 is 2.38 bits per heavy atom. The van der Waals surface area contributed by atoms with Crippen molar-refractivity contribution >= 4 is 11.8 Å². The number of benzene rings is 3. The van der Waals surface area contributed by atoms with Gasteiger partial charge in [-0.05, 0) is 48.6 Å². The lowest BCUT2D eigenvalue weighted by atomic mass is 10.0. The molecule has 3 aromatic carbocycles. The molecule has 39 heavy (non-hydrogen) atoms. The highest BCUT2D eigenvalue weighted by Gasteiger charge is 2.32. The summed E-state index contributed by atoms with van der Waals surface area (Å²) >= 11 is 0. The van der Waals surface area contributed by atoms with Crippen LogP contribution in [0.3, 0.4) is 0 Å². The Morgan fingerprint density at radius 2 is 1.62 bits per heavy atom. The van der Waals surface area contributed by atoms with Crippen LogP contribution in [0.4, 0.5) is 4.39 Å². The average Bonchev–Trinajstić information content (AvgIpc) is 3.48. The number of hydrogen-bond acceptors (Lipinski definition) is 4. The number of hydrogen-bond donors (Lipinski definition) is 1. The van der Waals surface area contributed by atoms with Gasteiger partial charge in [-0.1, -0.05) is 67.4 Å². The third-order valence-electron chi connectivity index (χ3n) is 7.51. The van der Waals surface area contributed by atoms with Gasteiger partial charge in [0.15, 0.2) is 11.5 Å². The predicted molar refractivity (Wildman–Crippen MR) is 147 cm³/mol. The van der Waals surface area contributed by atoms with E-state index in [0.717, 1.165) is 36.8 Å². The first-order chi connectivity index (χ1) is 19.1. The van der Waals surface area contributed by atoms with E-state index in [1.807, 2.05) is 48.5 Å². The number of halogens is 1. The quantitative estimate of drug-likeness (QED) is 0.390. The zero-order valence-corrected chi connectivity index (χ0v) is 22.1. The Labute approximate surface area is 229 Å². The lowest BCUT2D eigenvalue weighted by molar-refractivity contribution is -0.141. The highest BCUT2D eigenvalue weighted by molar-refractivity contribution is 5.88. The number of nitrogens with zero attached hydrogens (tertiary/aromatic N) is 1. The minimum atomic E-state index is -0.764. The van der Waals surface area contributed by atoms with Crippen molar-refractivity contribution in [3.05, 3.63) is 95.3 Å². The summed E-state index contributed by atoms with van der Waals surface area (Å²) in [4.78, 5) is 29.2. The molecule has 204 valence electrons. The van der Waals surface area contributed by atoms with E-state index < -0.39 is 11.9 Å². The van der Waals surface area contributed by atoms with Crippen LogP contribution in [0, 0.1) is 5.82 Å². The van der Waals surface area contributed by atoms with Crippen LogP contribution in [-0.2, 0) is 29.0 Å². The first kappa shape index (κ1) is 26.7. The number of carbonyl (C=O) groups is 2. The van der Waals surface area contributed by atoms with Gasteiger partial charge in [0.1, 0.15) is 25.1 Å². The number of aryl methyl sites for hydroxylation is 1. The predicted octanol–water partition coefficient (Wildman–Crippen LogP) is 5.23. The molecule has 0 bridgehead atoms. The average molecular weight is 531 g/mol. The van der Waals surface area contributed by atoms with Crippen molar-refractivity contribution in [2.24, 2.45) is 0 Å². The SMILES string of the molecule is O=C(NC1CCCC1)C(Cc1ccccc1)N(Cc1ccccc1F)C(=O)CCc1ccc2c(c1)OCCO2. The molecule has 0 radical (unpaired) electrons. The molecule has 0 spiro atoms. The molecule has 1 heterocycles. The van der Waals surface area contributed by atoms with Crippen molar-refractivity contribution in [1.82, 2.24) is 10.2 Å². The topological polar surface area (TPSA) is 67.9 Å². The fourth-order valence-corrected chi connectivity index (χ4v) is 5.37. The molecule has 1 atom stereocenters. The van der Waals surface area contributed by atoms with Crippen molar-refractivity contribution in [3.63, 3.8) is 0 Å². The summed E-state index contributed by atoms with van der Waals surface area (Å²) in [6, 6.07) is 21.1. The van der Waals surface area contributed by atoms with Crippen molar-refractivity contribution in [1.29, 1.82) is 0 Å². The summed E-state index contributed by atoms with van der Waals surface area (Å²) in [7, 11) is 0. The number of fused-ring (bicyclic) bond motifs is 1. The molecule has 1 unspecified atom stereocenters. The van der Waals surface area contributed by atoms with E-state index in [2.05, 4.69) is 5.32 Å². The maximum Gasteiger partial charge on any atom is 0.243 e. The molecule has 7 heteroatoms. The highest BCUT2D eigenvalue weighted by atomic mass is 19.1. The molecular formula is C32H35FN2O4. The molecule has 1 N–H and O–H groups in total. The fraction of sp³-hybridized carbons (Fsp3) is 0.375. The zero-order chi connectivity index (χ0) is 27.0. The Hall–Kier alpha value is -3.87. The van der Waals surface area contributed by atoms with Gasteiger partial charge in [-0.2, -0.15) is 0 Å². The van der Waals surface area contributed by atoms with Crippen molar-refractivity contribution in [2.75, 3.05) is 13.2 Å². The maximum atomic E-state index is 14.8. The van der Waals surface area contributed by atoms with Gasteiger partial charge >= 0.3 is 0 Å². The molecule has 2 amide bonds. The van der Waals surface area contributed by atoms with Crippen molar-refractivity contribution < 1.29 is 23.5 Å². The fourth-order valence-electron chi connectivity index (χ4n) is 5.37. The molecule has 6 nitrogen and oxygen atoms in total. The van der Waals surface area contributed by atoms with E-state index in [9.17, 15) is 14.0 Å². The van der Waals surface area contributed by atoms with E-state index in [1.54, 1.807) is 23.1 Å². The van der Waals surface area contributed by atoms with Gasteiger partial charge in [0.25, 0.3) is 0 Å². The van der Waals surface area contributed by atoms with Gasteiger partial charge in [-0.25, -0.2) is 4.39 Å². The minimum absolute atomic E-state index is 0.0161. The molecule has 0 saturated heterocycles. The molecule has 2 aliphatic rings. The van der Waals surface area contributed by atoms with Crippen LogP contribution >= 0.6 is 0 Å². The maximum absolute atomic E-state index is 14.8. The van der Waals surface area contributed by atoms with E-state index in [1.165, 1.54) is 6.07 Å². The summed E-state index contributed by atoms with van der Waals surface area (Å²) in [5.41, 5.74) is 2.27. The molecule has 3 aromatic rings. The van der Waals surface area contributed by atoms with E-state index >= 15 is 0 Å². The molecule has 0 aromatic heterocycles.